The van der Waals surface area contributed by atoms with Crippen LogP contribution in [0.3, 0.4) is 0 Å². The summed E-state index contributed by atoms with van der Waals surface area (Å²) in [5.74, 6) is -0.0801. The Labute approximate surface area is 123 Å². The highest BCUT2D eigenvalue weighted by atomic mass is 32.1. The third-order valence-corrected chi connectivity index (χ3v) is 4.52. The normalized spacial score (nSPS) is 12.6. The van der Waals surface area contributed by atoms with Crippen molar-refractivity contribution in [3.8, 4) is 0 Å². The molecule has 2 aromatic heterocycles. The molecule has 0 saturated carbocycles. The van der Waals surface area contributed by atoms with Gasteiger partial charge in [-0.05, 0) is 31.9 Å². The minimum atomic E-state index is -0.0801. The molecule has 0 aliphatic heterocycles. The SMILES string of the molecule is CCCC(CC)NC(=O)c1sc2nc(C)ccc2c1N. The maximum atomic E-state index is 12.4. The number of rotatable bonds is 5. The van der Waals surface area contributed by atoms with Crippen LogP contribution in [-0.4, -0.2) is 16.9 Å². The van der Waals surface area contributed by atoms with Crippen LogP contribution in [0, 0.1) is 6.92 Å². The second-order valence-electron chi connectivity index (χ2n) is 5.02. The predicted octanol–water partition coefficient (Wildman–Crippen LogP) is 3.50. The van der Waals surface area contributed by atoms with Gasteiger partial charge in [-0.1, -0.05) is 20.3 Å². The van der Waals surface area contributed by atoms with Crippen LogP contribution in [0.2, 0.25) is 0 Å². The number of nitrogens with two attached hydrogens (primary N) is 1. The van der Waals surface area contributed by atoms with Gasteiger partial charge in [-0.2, -0.15) is 0 Å². The Hall–Kier alpha value is -1.62. The molecule has 0 aliphatic carbocycles. The van der Waals surface area contributed by atoms with E-state index < -0.39 is 0 Å². The summed E-state index contributed by atoms with van der Waals surface area (Å²) in [5.41, 5.74) is 7.57. The molecule has 1 unspecified atom stereocenters. The van der Waals surface area contributed by atoms with E-state index in [1.165, 1.54) is 11.3 Å². The molecule has 1 amide bonds. The van der Waals surface area contributed by atoms with Crippen molar-refractivity contribution in [2.75, 3.05) is 5.73 Å². The minimum absolute atomic E-state index is 0.0801. The van der Waals surface area contributed by atoms with Crippen LogP contribution in [0.4, 0.5) is 5.69 Å². The number of hydrogen-bond donors (Lipinski definition) is 2. The van der Waals surface area contributed by atoms with Crippen molar-refractivity contribution < 1.29 is 4.79 Å². The molecule has 0 spiro atoms. The molecule has 0 aliphatic rings. The van der Waals surface area contributed by atoms with Crippen LogP contribution in [0.25, 0.3) is 10.2 Å². The van der Waals surface area contributed by atoms with Crippen molar-refractivity contribution >= 4 is 33.1 Å². The van der Waals surface area contributed by atoms with Gasteiger partial charge in [0, 0.05) is 17.1 Å². The molecule has 0 fully saturated rings. The van der Waals surface area contributed by atoms with E-state index in [4.69, 9.17) is 5.73 Å². The molecule has 1 atom stereocenters. The number of aryl methyl sites for hydroxylation is 1. The van der Waals surface area contributed by atoms with Crippen LogP contribution in [0.1, 0.15) is 48.5 Å². The molecule has 3 N–H and O–H groups in total. The molecule has 0 saturated heterocycles. The molecule has 5 heteroatoms. The van der Waals surface area contributed by atoms with E-state index in [0.29, 0.717) is 10.6 Å². The molecular formula is C15H21N3OS. The van der Waals surface area contributed by atoms with E-state index in [0.717, 1.165) is 35.2 Å². The van der Waals surface area contributed by atoms with Gasteiger partial charge in [0.1, 0.15) is 9.71 Å². The molecule has 2 rings (SSSR count). The standard InChI is InChI=1S/C15H21N3OS/c1-4-6-10(5-2)18-14(19)13-12(16)11-8-7-9(3)17-15(11)20-13/h7-8,10H,4-6,16H2,1-3H3,(H,18,19). The summed E-state index contributed by atoms with van der Waals surface area (Å²) in [6, 6.07) is 4.06. The molecular weight excluding hydrogens is 270 g/mol. The van der Waals surface area contributed by atoms with E-state index in [2.05, 4.69) is 24.1 Å². The number of nitrogens with one attached hydrogen (secondary N) is 1. The first-order valence-corrected chi connectivity index (χ1v) is 7.84. The second kappa shape index (κ2) is 6.22. The van der Waals surface area contributed by atoms with Crippen molar-refractivity contribution in [2.45, 2.75) is 46.1 Å². The van der Waals surface area contributed by atoms with E-state index in [1.807, 2.05) is 19.1 Å². The van der Waals surface area contributed by atoms with E-state index in [1.54, 1.807) is 0 Å². The van der Waals surface area contributed by atoms with E-state index in [-0.39, 0.29) is 11.9 Å². The van der Waals surface area contributed by atoms with Gasteiger partial charge in [0.05, 0.1) is 5.69 Å². The summed E-state index contributed by atoms with van der Waals surface area (Å²) < 4.78 is 0. The smallest absolute Gasteiger partial charge is 0.263 e. The number of fused-ring (bicyclic) bond motifs is 1. The van der Waals surface area contributed by atoms with Crippen LogP contribution in [-0.2, 0) is 0 Å². The van der Waals surface area contributed by atoms with Crippen molar-refractivity contribution in [3.05, 3.63) is 22.7 Å². The van der Waals surface area contributed by atoms with Crippen LogP contribution >= 0.6 is 11.3 Å². The largest absolute Gasteiger partial charge is 0.397 e. The zero-order valence-corrected chi connectivity index (χ0v) is 13.0. The quantitative estimate of drug-likeness (QED) is 0.886. The highest BCUT2D eigenvalue weighted by Crippen LogP contribution is 2.32. The molecule has 0 aromatic carbocycles. The molecule has 0 radical (unpaired) electrons. The lowest BCUT2D eigenvalue weighted by atomic mass is 10.1. The van der Waals surface area contributed by atoms with Gasteiger partial charge >= 0.3 is 0 Å². The summed E-state index contributed by atoms with van der Waals surface area (Å²) in [4.78, 5) is 18.2. The number of hydrogen-bond acceptors (Lipinski definition) is 4. The number of thiophene rings is 1. The van der Waals surface area contributed by atoms with Crippen molar-refractivity contribution in [1.82, 2.24) is 10.3 Å². The number of aromatic nitrogens is 1. The zero-order chi connectivity index (χ0) is 14.7. The van der Waals surface area contributed by atoms with Crippen LogP contribution in [0.15, 0.2) is 12.1 Å². The van der Waals surface area contributed by atoms with Gasteiger partial charge in [-0.15, -0.1) is 11.3 Å². The zero-order valence-electron chi connectivity index (χ0n) is 12.2. The fourth-order valence-corrected chi connectivity index (χ4v) is 3.28. The number of nitrogen functional groups attached to an aromatic ring is 1. The maximum absolute atomic E-state index is 12.4. The monoisotopic (exact) mass is 291 g/mol. The summed E-state index contributed by atoms with van der Waals surface area (Å²) in [6.45, 7) is 6.14. The number of nitrogens with zero attached hydrogens (tertiary/aromatic N) is 1. The second-order valence-corrected chi connectivity index (χ2v) is 6.02. The molecule has 20 heavy (non-hydrogen) atoms. The topological polar surface area (TPSA) is 68.0 Å². The number of amides is 1. The van der Waals surface area contributed by atoms with Crippen molar-refractivity contribution in [1.29, 1.82) is 0 Å². The Kier molecular flexibility index (Phi) is 4.60. The lowest BCUT2D eigenvalue weighted by molar-refractivity contribution is 0.0938. The molecule has 108 valence electrons. The summed E-state index contributed by atoms with van der Waals surface area (Å²) >= 11 is 1.37. The first-order chi connectivity index (χ1) is 9.56. The van der Waals surface area contributed by atoms with E-state index in [9.17, 15) is 4.79 Å². The number of carbonyl (C=O) groups is 1. The average molecular weight is 291 g/mol. The highest BCUT2D eigenvalue weighted by molar-refractivity contribution is 7.21. The van der Waals surface area contributed by atoms with Gasteiger partial charge in [0.25, 0.3) is 5.91 Å². The van der Waals surface area contributed by atoms with Gasteiger partial charge in [0.2, 0.25) is 0 Å². The predicted molar refractivity (Wildman–Crippen MR) is 85.2 cm³/mol. The highest BCUT2D eigenvalue weighted by Gasteiger charge is 2.19. The Balaban J connectivity index is 2.28. The maximum Gasteiger partial charge on any atom is 0.263 e. The Morgan fingerprint density at radius 2 is 2.20 bits per heavy atom. The Morgan fingerprint density at radius 1 is 1.45 bits per heavy atom. The minimum Gasteiger partial charge on any atom is -0.397 e. The summed E-state index contributed by atoms with van der Waals surface area (Å²) in [7, 11) is 0. The fraction of sp³-hybridized carbons (Fsp3) is 0.467. The van der Waals surface area contributed by atoms with Crippen LogP contribution < -0.4 is 11.1 Å². The fourth-order valence-electron chi connectivity index (χ4n) is 2.24. The lowest BCUT2D eigenvalue weighted by Crippen LogP contribution is -2.34. The van der Waals surface area contributed by atoms with Gasteiger partial charge in [-0.25, -0.2) is 4.98 Å². The van der Waals surface area contributed by atoms with Crippen LogP contribution in [0.5, 0.6) is 0 Å². The first kappa shape index (κ1) is 14.8. The third-order valence-electron chi connectivity index (χ3n) is 3.40. The average Bonchev–Trinajstić information content (AvgIpc) is 2.74. The van der Waals surface area contributed by atoms with E-state index >= 15 is 0 Å². The Morgan fingerprint density at radius 3 is 2.85 bits per heavy atom. The number of pyridine rings is 1. The summed E-state index contributed by atoms with van der Waals surface area (Å²) in [5, 5.41) is 3.93. The molecule has 2 heterocycles. The lowest BCUT2D eigenvalue weighted by Gasteiger charge is -2.15. The number of anilines is 1. The van der Waals surface area contributed by atoms with Crippen molar-refractivity contribution in [3.63, 3.8) is 0 Å². The molecule has 0 bridgehead atoms. The summed E-state index contributed by atoms with van der Waals surface area (Å²) in [6.07, 6.45) is 2.98. The molecule has 2 aromatic rings. The first-order valence-electron chi connectivity index (χ1n) is 7.03. The number of carbonyl (C=O) groups excluding carboxylic acids is 1. The van der Waals surface area contributed by atoms with Gasteiger partial charge in [-0.3, -0.25) is 4.79 Å². The molecule has 4 nitrogen and oxygen atoms in total. The van der Waals surface area contributed by atoms with Gasteiger partial charge in [0.15, 0.2) is 0 Å². The Bertz CT molecular complexity index is 621. The van der Waals surface area contributed by atoms with Crippen molar-refractivity contribution in [2.24, 2.45) is 0 Å². The van der Waals surface area contributed by atoms with Gasteiger partial charge < -0.3 is 11.1 Å². The third kappa shape index (κ3) is 2.93.